The van der Waals surface area contributed by atoms with Crippen LogP contribution in [0.3, 0.4) is 0 Å². The largest absolute Gasteiger partial charge is 0.360 e. The minimum absolute atomic E-state index is 0.179. The second-order valence-corrected chi connectivity index (χ2v) is 6.43. The van der Waals surface area contributed by atoms with Crippen LogP contribution in [-0.4, -0.2) is 27.4 Å². The molecule has 128 valence electrons. The summed E-state index contributed by atoms with van der Waals surface area (Å²) < 4.78 is 7.06. The second kappa shape index (κ2) is 6.55. The Morgan fingerprint density at radius 2 is 2.08 bits per heavy atom. The molecule has 2 aromatic heterocycles. The van der Waals surface area contributed by atoms with Crippen molar-refractivity contribution in [1.82, 2.24) is 20.3 Å². The van der Waals surface area contributed by atoms with Crippen LogP contribution >= 0.6 is 0 Å². The van der Waals surface area contributed by atoms with Gasteiger partial charge >= 0.3 is 0 Å². The van der Waals surface area contributed by atoms with Gasteiger partial charge in [0, 0.05) is 31.8 Å². The molecular weight excluding hydrogens is 316 g/mol. The first-order valence-electron chi connectivity index (χ1n) is 8.53. The molecule has 0 spiro atoms. The molecule has 0 atom stereocenters. The van der Waals surface area contributed by atoms with E-state index in [1.54, 1.807) is 12.3 Å². The van der Waals surface area contributed by atoms with E-state index in [2.05, 4.69) is 39.8 Å². The number of rotatable bonds is 6. The van der Waals surface area contributed by atoms with E-state index < -0.39 is 0 Å². The molecule has 1 aliphatic carbocycles. The highest BCUT2D eigenvalue weighted by atomic mass is 16.5. The van der Waals surface area contributed by atoms with Crippen molar-refractivity contribution in [2.45, 2.75) is 25.2 Å². The van der Waals surface area contributed by atoms with Gasteiger partial charge in [-0.25, -0.2) is 0 Å². The Morgan fingerprint density at radius 3 is 2.76 bits per heavy atom. The number of aromatic nitrogens is 3. The van der Waals surface area contributed by atoms with Crippen LogP contribution in [0.1, 0.15) is 40.6 Å². The van der Waals surface area contributed by atoms with Crippen molar-refractivity contribution in [1.29, 1.82) is 0 Å². The number of nitrogens with one attached hydrogen (secondary N) is 1. The normalized spacial score (nSPS) is 13.8. The summed E-state index contributed by atoms with van der Waals surface area (Å²) in [6, 6.07) is 12.1. The van der Waals surface area contributed by atoms with Crippen LogP contribution < -0.4 is 5.32 Å². The van der Waals surface area contributed by atoms with E-state index in [0.717, 1.165) is 36.3 Å². The van der Waals surface area contributed by atoms with Crippen LogP contribution in [0.2, 0.25) is 0 Å². The van der Waals surface area contributed by atoms with Crippen molar-refractivity contribution < 1.29 is 9.32 Å². The van der Waals surface area contributed by atoms with Gasteiger partial charge in [-0.3, -0.25) is 9.48 Å². The molecule has 4 rings (SSSR count). The van der Waals surface area contributed by atoms with Gasteiger partial charge in [0.1, 0.15) is 5.76 Å². The molecule has 0 aliphatic heterocycles. The van der Waals surface area contributed by atoms with Gasteiger partial charge in [0.2, 0.25) is 0 Å². The Kier molecular flexibility index (Phi) is 4.09. The number of hydrogen-bond acceptors (Lipinski definition) is 4. The third-order valence-corrected chi connectivity index (χ3v) is 4.51. The number of hydrogen-bond donors (Lipinski definition) is 1. The molecule has 6 heteroatoms. The average Bonchev–Trinajstić information content (AvgIpc) is 3.19. The number of carbonyl (C=O) groups excluding carboxylic acids is 1. The van der Waals surface area contributed by atoms with Crippen molar-refractivity contribution in [3.8, 4) is 11.3 Å². The number of aryl methyl sites for hydroxylation is 1. The molecule has 0 saturated heterocycles. The minimum Gasteiger partial charge on any atom is -0.360 e. The topological polar surface area (TPSA) is 73.0 Å². The number of benzene rings is 1. The highest BCUT2D eigenvalue weighted by Gasteiger charge is 2.28. The summed E-state index contributed by atoms with van der Waals surface area (Å²) in [5.41, 5.74) is 3.75. The maximum Gasteiger partial charge on any atom is 0.273 e. The van der Waals surface area contributed by atoms with E-state index in [4.69, 9.17) is 4.52 Å². The fraction of sp³-hybridized carbons (Fsp3) is 0.316. The van der Waals surface area contributed by atoms with Gasteiger partial charge in [-0.1, -0.05) is 29.4 Å². The molecule has 0 radical (unpaired) electrons. The molecule has 0 bridgehead atoms. The van der Waals surface area contributed by atoms with Gasteiger partial charge in [-0.2, -0.15) is 5.10 Å². The molecule has 3 aromatic rings. The lowest BCUT2D eigenvalue weighted by Crippen LogP contribution is -2.25. The first-order chi connectivity index (χ1) is 12.2. The third kappa shape index (κ3) is 3.47. The van der Waals surface area contributed by atoms with E-state index >= 15 is 0 Å². The van der Waals surface area contributed by atoms with Gasteiger partial charge in [-0.15, -0.1) is 0 Å². The van der Waals surface area contributed by atoms with Gasteiger partial charge in [0.15, 0.2) is 5.69 Å². The Bertz CT molecular complexity index is 875. The Hall–Kier alpha value is -2.89. The van der Waals surface area contributed by atoms with Crippen molar-refractivity contribution in [2.75, 3.05) is 6.54 Å². The van der Waals surface area contributed by atoms with Crippen molar-refractivity contribution in [3.63, 3.8) is 0 Å². The van der Waals surface area contributed by atoms with Crippen LogP contribution in [0.25, 0.3) is 11.3 Å². The van der Waals surface area contributed by atoms with Crippen LogP contribution in [-0.2, 0) is 13.5 Å². The SMILES string of the molecule is Cn1nccc1-c1ccc(CCNC(=O)c2cc(C3CC3)on2)cc1. The first kappa shape index (κ1) is 15.6. The first-order valence-corrected chi connectivity index (χ1v) is 8.53. The van der Waals surface area contributed by atoms with E-state index in [1.807, 2.05) is 17.8 Å². The molecule has 0 unspecified atom stereocenters. The molecule has 6 nitrogen and oxygen atoms in total. The van der Waals surface area contributed by atoms with Crippen LogP contribution in [0.15, 0.2) is 47.1 Å². The zero-order valence-electron chi connectivity index (χ0n) is 14.1. The summed E-state index contributed by atoms with van der Waals surface area (Å²) in [4.78, 5) is 12.1. The van der Waals surface area contributed by atoms with Gasteiger partial charge in [-0.05, 0) is 36.5 Å². The number of carbonyl (C=O) groups is 1. The number of amides is 1. The third-order valence-electron chi connectivity index (χ3n) is 4.51. The quantitative estimate of drug-likeness (QED) is 0.751. The summed E-state index contributed by atoms with van der Waals surface area (Å²) in [6.07, 6.45) is 4.82. The fourth-order valence-electron chi connectivity index (χ4n) is 2.87. The van der Waals surface area contributed by atoms with Crippen LogP contribution in [0.4, 0.5) is 0 Å². The highest BCUT2D eigenvalue weighted by Crippen LogP contribution is 2.40. The summed E-state index contributed by atoms with van der Waals surface area (Å²) in [5.74, 6) is 1.12. The molecule has 1 aliphatic rings. The van der Waals surface area contributed by atoms with Crippen molar-refractivity contribution in [3.05, 3.63) is 59.6 Å². The van der Waals surface area contributed by atoms with Crippen molar-refractivity contribution in [2.24, 2.45) is 7.05 Å². The van der Waals surface area contributed by atoms with Crippen molar-refractivity contribution >= 4 is 5.91 Å². The Balaban J connectivity index is 1.30. The monoisotopic (exact) mass is 336 g/mol. The van der Waals surface area contributed by atoms with E-state index in [0.29, 0.717) is 18.2 Å². The average molecular weight is 336 g/mol. The van der Waals surface area contributed by atoms with Crippen LogP contribution in [0.5, 0.6) is 0 Å². The predicted octanol–water partition coefficient (Wildman–Crippen LogP) is 2.93. The molecule has 1 N–H and O–H groups in total. The summed E-state index contributed by atoms with van der Waals surface area (Å²) in [6.45, 7) is 0.565. The Labute approximate surface area is 145 Å². The zero-order chi connectivity index (χ0) is 17.2. The molecule has 1 fully saturated rings. The van der Waals surface area contributed by atoms with E-state index in [-0.39, 0.29) is 5.91 Å². The molecule has 1 saturated carbocycles. The second-order valence-electron chi connectivity index (χ2n) is 6.43. The predicted molar refractivity (Wildman–Crippen MR) is 93.2 cm³/mol. The molecule has 1 aromatic carbocycles. The van der Waals surface area contributed by atoms with E-state index in [9.17, 15) is 4.79 Å². The number of nitrogens with zero attached hydrogens (tertiary/aromatic N) is 3. The maximum atomic E-state index is 12.1. The molecule has 2 heterocycles. The van der Waals surface area contributed by atoms with Crippen LogP contribution in [0, 0.1) is 0 Å². The maximum absolute atomic E-state index is 12.1. The van der Waals surface area contributed by atoms with Gasteiger partial charge in [0.05, 0.1) is 5.69 Å². The summed E-state index contributed by atoms with van der Waals surface area (Å²) in [7, 11) is 1.93. The molecule has 1 amide bonds. The summed E-state index contributed by atoms with van der Waals surface area (Å²) >= 11 is 0. The minimum atomic E-state index is -0.179. The molecule has 25 heavy (non-hydrogen) atoms. The standard InChI is InChI=1S/C19H20N4O2/c1-23-17(9-11-21-23)14-4-2-13(3-5-14)8-10-20-19(24)16-12-18(25-22-16)15-6-7-15/h2-5,9,11-12,15H,6-8,10H2,1H3,(H,20,24). The lowest BCUT2D eigenvalue weighted by atomic mass is 10.1. The fourth-order valence-corrected chi connectivity index (χ4v) is 2.87. The smallest absolute Gasteiger partial charge is 0.273 e. The van der Waals surface area contributed by atoms with Gasteiger partial charge in [0.25, 0.3) is 5.91 Å². The van der Waals surface area contributed by atoms with E-state index in [1.165, 1.54) is 5.56 Å². The highest BCUT2D eigenvalue weighted by molar-refractivity contribution is 5.92. The lowest BCUT2D eigenvalue weighted by Gasteiger charge is -2.06. The Morgan fingerprint density at radius 1 is 1.28 bits per heavy atom. The summed E-state index contributed by atoms with van der Waals surface area (Å²) in [5, 5.41) is 10.9. The zero-order valence-corrected chi connectivity index (χ0v) is 14.1. The molecular formula is C19H20N4O2. The van der Waals surface area contributed by atoms with Gasteiger partial charge < -0.3 is 9.84 Å². The lowest BCUT2D eigenvalue weighted by molar-refractivity contribution is 0.0945.